The van der Waals surface area contributed by atoms with Crippen molar-refractivity contribution in [2.24, 2.45) is 0 Å². The van der Waals surface area contributed by atoms with Crippen LogP contribution in [0.5, 0.6) is 11.5 Å². The van der Waals surface area contributed by atoms with E-state index < -0.39 is 18.5 Å². The third-order valence-electron chi connectivity index (χ3n) is 6.45. The fourth-order valence-corrected chi connectivity index (χ4v) is 4.42. The van der Waals surface area contributed by atoms with E-state index in [0.717, 1.165) is 16.8 Å². The van der Waals surface area contributed by atoms with Crippen LogP contribution in [0.15, 0.2) is 133 Å². The first-order valence-electron chi connectivity index (χ1n) is 13.3. The van der Waals surface area contributed by atoms with Crippen LogP contribution in [-0.2, 0) is 9.53 Å². The monoisotopic (exact) mass is 551 g/mol. The topological polar surface area (TPSA) is 90.4 Å². The van der Waals surface area contributed by atoms with Gasteiger partial charge < -0.3 is 14.8 Å². The van der Waals surface area contributed by atoms with Gasteiger partial charge in [-0.2, -0.15) is 0 Å². The summed E-state index contributed by atoms with van der Waals surface area (Å²) in [6, 6.07) is 41.0. The highest BCUT2D eigenvalue weighted by Crippen LogP contribution is 2.31. The van der Waals surface area contributed by atoms with Crippen molar-refractivity contribution in [1.29, 1.82) is 0 Å². The van der Waals surface area contributed by atoms with Gasteiger partial charge in [-0.05, 0) is 54.6 Å². The third-order valence-corrected chi connectivity index (χ3v) is 6.45. The van der Waals surface area contributed by atoms with Crippen molar-refractivity contribution in [1.82, 2.24) is 9.97 Å². The van der Waals surface area contributed by atoms with Gasteiger partial charge in [-0.3, -0.25) is 4.79 Å². The van der Waals surface area contributed by atoms with Crippen LogP contribution in [0.2, 0.25) is 0 Å². The number of amides is 1. The number of esters is 1. The van der Waals surface area contributed by atoms with Crippen molar-refractivity contribution in [3.8, 4) is 34.0 Å². The summed E-state index contributed by atoms with van der Waals surface area (Å²) in [6.45, 7) is -0.437. The van der Waals surface area contributed by atoms with Crippen LogP contribution in [-0.4, -0.2) is 28.5 Å². The van der Waals surface area contributed by atoms with Crippen LogP contribution in [0.4, 0.5) is 5.69 Å². The molecule has 0 saturated heterocycles. The standard InChI is InChI=1S/C35H25N3O4/c39-32(36-27-17-19-29(20-18-27)42-28-14-8-3-9-15-28)23-41-35(40)26-16-21-30-31(22-26)38-34(25-12-6-2-7-13-25)33(37-30)24-10-4-1-5-11-24/h1-22H,23H2,(H,36,39). The number of fused-ring (bicyclic) bond motifs is 1. The van der Waals surface area contributed by atoms with Gasteiger partial charge in [0.25, 0.3) is 5.91 Å². The van der Waals surface area contributed by atoms with Crippen LogP contribution in [0.25, 0.3) is 33.5 Å². The van der Waals surface area contributed by atoms with Crippen molar-refractivity contribution in [3.63, 3.8) is 0 Å². The molecule has 0 spiro atoms. The Balaban J connectivity index is 1.14. The first kappa shape index (κ1) is 26.4. The lowest BCUT2D eigenvalue weighted by molar-refractivity contribution is -0.119. The molecule has 1 heterocycles. The molecule has 5 aromatic carbocycles. The summed E-state index contributed by atoms with van der Waals surface area (Å²) >= 11 is 0. The van der Waals surface area contributed by atoms with Gasteiger partial charge >= 0.3 is 5.97 Å². The molecular weight excluding hydrogens is 526 g/mol. The number of carbonyl (C=O) groups excluding carboxylic acids is 2. The quantitative estimate of drug-likeness (QED) is 0.196. The molecule has 6 aromatic rings. The summed E-state index contributed by atoms with van der Waals surface area (Å²) in [7, 11) is 0. The average Bonchev–Trinajstić information content (AvgIpc) is 3.05. The number of benzene rings is 5. The average molecular weight is 552 g/mol. The SMILES string of the molecule is O=C(COC(=O)c1ccc2nc(-c3ccccc3)c(-c3ccccc3)nc2c1)Nc1ccc(Oc2ccccc2)cc1. The van der Waals surface area contributed by atoms with Crippen molar-refractivity contribution >= 4 is 28.6 Å². The molecular formula is C35H25N3O4. The van der Waals surface area contributed by atoms with Crippen LogP contribution in [0.3, 0.4) is 0 Å². The van der Waals surface area contributed by atoms with Gasteiger partial charge in [-0.15, -0.1) is 0 Å². The normalized spacial score (nSPS) is 10.7. The zero-order valence-electron chi connectivity index (χ0n) is 22.4. The minimum absolute atomic E-state index is 0.276. The molecule has 0 unspecified atom stereocenters. The summed E-state index contributed by atoms with van der Waals surface area (Å²) in [5.41, 5.74) is 5.33. The number of anilines is 1. The van der Waals surface area contributed by atoms with Gasteiger partial charge in [0, 0.05) is 16.8 Å². The molecule has 6 rings (SSSR count). The summed E-state index contributed by atoms with van der Waals surface area (Å²) in [5.74, 6) is 0.263. The first-order valence-corrected chi connectivity index (χ1v) is 13.3. The van der Waals surface area contributed by atoms with Gasteiger partial charge in [0.2, 0.25) is 0 Å². The second-order valence-corrected chi connectivity index (χ2v) is 9.42. The number of carbonyl (C=O) groups is 2. The lowest BCUT2D eigenvalue weighted by Crippen LogP contribution is -2.20. The second kappa shape index (κ2) is 12.1. The highest BCUT2D eigenvalue weighted by molar-refractivity contribution is 5.97. The Morgan fingerprint density at radius 2 is 1.14 bits per heavy atom. The molecule has 1 amide bonds. The first-order chi connectivity index (χ1) is 20.6. The molecule has 0 fully saturated rings. The van der Waals surface area contributed by atoms with Crippen molar-refractivity contribution in [3.05, 3.63) is 139 Å². The van der Waals surface area contributed by atoms with E-state index in [0.29, 0.717) is 33.9 Å². The number of rotatable bonds is 8. The molecule has 204 valence electrons. The van der Waals surface area contributed by atoms with E-state index in [9.17, 15) is 9.59 Å². The number of nitrogens with zero attached hydrogens (tertiary/aromatic N) is 2. The van der Waals surface area contributed by atoms with Gasteiger partial charge in [0.1, 0.15) is 11.5 Å². The predicted molar refractivity (Wildman–Crippen MR) is 162 cm³/mol. The molecule has 42 heavy (non-hydrogen) atoms. The summed E-state index contributed by atoms with van der Waals surface area (Å²) in [4.78, 5) is 35.1. The maximum atomic E-state index is 12.8. The van der Waals surface area contributed by atoms with E-state index >= 15 is 0 Å². The Morgan fingerprint density at radius 3 is 1.76 bits per heavy atom. The minimum Gasteiger partial charge on any atom is -0.457 e. The van der Waals surface area contributed by atoms with E-state index in [1.165, 1.54) is 0 Å². The lowest BCUT2D eigenvalue weighted by Gasteiger charge is -2.11. The Labute approximate surface area is 242 Å². The smallest absolute Gasteiger partial charge is 0.338 e. The Kier molecular flexibility index (Phi) is 7.63. The molecule has 1 N–H and O–H groups in total. The van der Waals surface area contributed by atoms with Gasteiger partial charge in [-0.25, -0.2) is 14.8 Å². The van der Waals surface area contributed by atoms with Crippen LogP contribution in [0.1, 0.15) is 10.4 Å². The fourth-order valence-electron chi connectivity index (χ4n) is 4.42. The number of ether oxygens (including phenoxy) is 2. The van der Waals surface area contributed by atoms with Crippen molar-refractivity contribution in [2.75, 3.05) is 11.9 Å². The molecule has 0 radical (unpaired) electrons. The van der Waals surface area contributed by atoms with E-state index in [4.69, 9.17) is 19.4 Å². The molecule has 1 aromatic heterocycles. The summed E-state index contributed by atoms with van der Waals surface area (Å²) in [6.07, 6.45) is 0. The van der Waals surface area contributed by atoms with Gasteiger partial charge in [0.15, 0.2) is 6.61 Å². The van der Waals surface area contributed by atoms with Crippen molar-refractivity contribution in [2.45, 2.75) is 0 Å². The lowest BCUT2D eigenvalue weighted by atomic mass is 10.0. The maximum absolute atomic E-state index is 12.8. The largest absolute Gasteiger partial charge is 0.457 e. The summed E-state index contributed by atoms with van der Waals surface area (Å²) in [5, 5.41) is 2.72. The van der Waals surface area contributed by atoms with Gasteiger partial charge in [0.05, 0.1) is 28.0 Å². The number of nitrogens with one attached hydrogen (secondary N) is 1. The molecule has 0 aliphatic rings. The zero-order chi connectivity index (χ0) is 28.7. The van der Waals surface area contributed by atoms with Crippen LogP contribution < -0.4 is 10.1 Å². The highest BCUT2D eigenvalue weighted by Gasteiger charge is 2.16. The van der Waals surface area contributed by atoms with E-state index in [1.54, 1.807) is 42.5 Å². The Bertz CT molecular complexity index is 1840. The summed E-state index contributed by atoms with van der Waals surface area (Å²) < 4.78 is 11.1. The Morgan fingerprint density at radius 1 is 0.595 bits per heavy atom. The van der Waals surface area contributed by atoms with Crippen LogP contribution in [0, 0.1) is 0 Å². The van der Waals surface area contributed by atoms with Crippen molar-refractivity contribution < 1.29 is 19.1 Å². The molecule has 0 bridgehead atoms. The fraction of sp³-hybridized carbons (Fsp3) is 0.0286. The number of aromatic nitrogens is 2. The number of hydrogen-bond acceptors (Lipinski definition) is 6. The zero-order valence-corrected chi connectivity index (χ0v) is 22.4. The maximum Gasteiger partial charge on any atom is 0.338 e. The number of hydrogen-bond donors (Lipinski definition) is 1. The van der Waals surface area contributed by atoms with E-state index in [-0.39, 0.29) is 5.56 Å². The second-order valence-electron chi connectivity index (χ2n) is 9.42. The predicted octanol–water partition coefficient (Wildman–Crippen LogP) is 7.55. The van der Waals surface area contributed by atoms with E-state index in [2.05, 4.69) is 5.32 Å². The third kappa shape index (κ3) is 6.16. The minimum atomic E-state index is -0.631. The Hall–Kier alpha value is -5.82. The molecule has 7 heteroatoms. The highest BCUT2D eigenvalue weighted by atomic mass is 16.5. The van der Waals surface area contributed by atoms with Gasteiger partial charge in [-0.1, -0.05) is 78.9 Å². The molecule has 0 atom stereocenters. The number of para-hydroxylation sites is 1. The molecule has 0 saturated carbocycles. The molecule has 7 nitrogen and oxygen atoms in total. The molecule has 0 aliphatic heterocycles. The van der Waals surface area contributed by atoms with Crippen LogP contribution >= 0.6 is 0 Å². The van der Waals surface area contributed by atoms with E-state index in [1.807, 2.05) is 91.0 Å². The molecule has 0 aliphatic carbocycles.